The number of carbonyl (C=O) groups is 2. The Labute approximate surface area is 109 Å². The molecule has 0 bridgehead atoms. The van der Waals surface area contributed by atoms with Crippen LogP contribution in [-0.2, 0) is 9.59 Å². The number of nitrogens with one attached hydrogen (secondary N) is 1. The van der Waals surface area contributed by atoms with Crippen LogP contribution in [0.25, 0.3) is 0 Å². The molecule has 1 aliphatic carbocycles. The highest BCUT2D eigenvalue weighted by atomic mass is 16.2. The highest BCUT2D eigenvalue weighted by Gasteiger charge is 2.30. The van der Waals surface area contributed by atoms with E-state index in [1.54, 1.807) is 0 Å². The molecule has 1 N–H and O–H groups in total. The number of rotatable bonds is 3. The molecule has 0 radical (unpaired) electrons. The first-order chi connectivity index (χ1) is 8.58. The summed E-state index contributed by atoms with van der Waals surface area (Å²) >= 11 is 0. The second-order valence-electron chi connectivity index (χ2n) is 5.78. The van der Waals surface area contributed by atoms with Gasteiger partial charge in [-0.1, -0.05) is 19.8 Å². The van der Waals surface area contributed by atoms with Gasteiger partial charge in [-0.05, 0) is 19.8 Å². The molecule has 0 aromatic heterocycles. The van der Waals surface area contributed by atoms with Gasteiger partial charge in [0.2, 0.25) is 5.91 Å². The van der Waals surface area contributed by atoms with Gasteiger partial charge in [-0.15, -0.1) is 0 Å². The molecular weight excluding hydrogens is 228 g/mol. The van der Waals surface area contributed by atoms with Crippen molar-refractivity contribution in [2.24, 2.45) is 5.92 Å². The summed E-state index contributed by atoms with van der Waals surface area (Å²) in [6, 6.07) is 0.268. The summed E-state index contributed by atoms with van der Waals surface area (Å²) < 4.78 is 0. The van der Waals surface area contributed by atoms with Crippen LogP contribution < -0.4 is 5.32 Å². The number of hydrogen-bond acceptors (Lipinski definition) is 3. The zero-order chi connectivity index (χ0) is 13.1. The van der Waals surface area contributed by atoms with E-state index in [9.17, 15) is 9.59 Å². The van der Waals surface area contributed by atoms with Gasteiger partial charge in [0.05, 0.1) is 6.04 Å². The van der Waals surface area contributed by atoms with E-state index in [4.69, 9.17) is 0 Å². The maximum atomic E-state index is 12.1. The van der Waals surface area contributed by atoms with Crippen molar-refractivity contribution in [1.82, 2.24) is 10.2 Å². The van der Waals surface area contributed by atoms with Crippen molar-refractivity contribution in [3.8, 4) is 0 Å². The van der Waals surface area contributed by atoms with Crippen LogP contribution in [0.1, 0.15) is 46.0 Å². The van der Waals surface area contributed by atoms with Gasteiger partial charge < -0.3 is 5.32 Å². The minimum Gasteiger partial charge on any atom is -0.352 e. The van der Waals surface area contributed by atoms with Gasteiger partial charge in [-0.3, -0.25) is 14.5 Å². The summed E-state index contributed by atoms with van der Waals surface area (Å²) in [5, 5.41) is 3.14. The maximum Gasteiger partial charge on any atom is 0.237 e. The van der Waals surface area contributed by atoms with Crippen LogP contribution in [0.15, 0.2) is 0 Å². The number of ketones is 1. The summed E-state index contributed by atoms with van der Waals surface area (Å²) in [7, 11) is 0. The fourth-order valence-electron chi connectivity index (χ4n) is 2.95. The molecule has 2 rings (SSSR count). The molecular formula is C14H24N2O2. The predicted molar refractivity (Wildman–Crippen MR) is 70.2 cm³/mol. The Bertz CT molecular complexity index is 324. The van der Waals surface area contributed by atoms with Crippen molar-refractivity contribution in [2.75, 3.05) is 13.1 Å². The first-order valence-electron chi connectivity index (χ1n) is 7.15. The first-order valence-corrected chi connectivity index (χ1v) is 7.15. The third kappa shape index (κ3) is 3.10. The van der Waals surface area contributed by atoms with E-state index >= 15 is 0 Å². The van der Waals surface area contributed by atoms with Crippen molar-refractivity contribution in [3.63, 3.8) is 0 Å². The van der Waals surface area contributed by atoms with Crippen LogP contribution in [0.4, 0.5) is 0 Å². The Hall–Kier alpha value is -0.900. The second-order valence-corrected chi connectivity index (χ2v) is 5.78. The lowest BCUT2D eigenvalue weighted by Gasteiger charge is -2.34. The van der Waals surface area contributed by atoms with E-state index in [-0.39, 0.29) is 17.9 Å². The van der Waals surface area contributed by atoms with Crippen LogP contribution in [0.3, 0.4) is 0 Å². The Balaban J connectivity index is 1.84. The molecule has 18 heavy (non-hydrogen) atoms. The lowest BCUT2D eigenvalue weighted by atomic mass is 9.97. The molecule has 1 saturated carbocycles. The Morgan fingerprint density at radius 3 is 2.67 bits per heavy atom. The minimum atomic E-state index is -0.110. The topological polar surface area (TPSA) is 49.4 Å². The van der Waals surface area contributed by atoms with Gasteiger partial charge in [0, 0.05) is 31.5 Å². The molecule has 1 amide bonds. The molecule has 0 aromatic rings. The molecule has 0 spiro atoms. The van der Waals surface area contributed by atoms with Crippen LogP contribution >= 0.6 is 0 Å². The summed E-state index contributed by atoms with van der Waals surface area (Å²) in [5.41, 5.74) is 0. The predicted octanol–water partition coefficient (Wildman–Crippen LogP) is 1.34. The number of likely N-dealkylation sites (tertiary alicyclic amines) is 1. The zero-order valence-electron chi connectivity index (χ0n) is 11.4. The van der Waals surface area contributed by atoms with Gasteiger partial charge >= 0.3 is 0 Å². The first kappa shape index (κ1) is 13.5. The van der Waals surface area contributed by atoms with E-state index in [0.29, 0.717) is 18.2 Å². The van der Waals surface area contributed by atoms with Crippen molar-refractivity contribution in [1.29, 1.82) is 0 Å². The molecule has 4 heteroatoms. The largest absolute Gasteiger partial charge is 0.352 e. The van der Waals surface area contributed by atoms with E-state index < -0.39 is 0 Å². The molecule has 2 atom stereocenters. The van der Waals surface area contributed by atoms with E-state index in [0.717, 1.165) is 25.9 Å². The molecule has 1 aliphatic heterocycles. The van der Waals surface area contributed by atoms with E-state index in [1.807, 2.05) is 13.8 Å². The summed E-state index contributed by atoms with van der Waals surface area (Å²) in [6.07, 6.45) is 5.28. The maximum absolute atomic E-state index is 12.1. The number of piperidine rings is 1. The van der Waals surface area contributed by atoms with Crippen LogP contribution in [-0.4, -0.2) is 41.8 Å². The van der Waals surface area contributed by atoms with Gasteiger partial charge in [0.15, 0.2) is 0 Å². The Morgan fingerprint density at radius 2 is 2.06 bits per heavy atom. The molecule has 2 fully saturated rings. The van der Waals surface area contributed by atoms with Crippen LogP contribution in [0.2, 0.25) is 0 Å². The lowest BCUT2D eigenvalue weighted by molar-refractivity contribution is -0.132. The fraction of sp³-hybridized carbons (Fsp3) is 0.857. The number of hydrogen-bond donors (Lipinski definition) is 1. The highest BCUT2D eigenvalue weighted by molar-refractivity contribution is 5.84. The molecule has 0 aromatic carbocycles. The quantitative estimate of drug-likeness (QED) is 0.824. The smallest absolute Gasteiger partial charge is 0.237 e. The van der Waals surface area contributed by atoms with Gasteiger partial charge in [-0.25, -0.2) is 0 Å². The average molecular weight is 252 g/mol. The lowest BCUT2D eigenvalue weighted by Crippen LogP contribution is -2.52. The van der Waals surface area contributed by atoms with Gasteiger partial charge in [-0.2, -0.15) is 0 Å². The third-order valence-corrected chi connectivity index (χ3v) is 4.33. The standard InChI is InChI=1S/C14H24N2O2/c1-10-9-16(8-7-13(10)17)11(2)14(18)15-12-5-3-4-6-12/h10-12H,3-9H2,1-2H3,(H,15,18). The molecule has 2 unspecified atom stereocenters. The number of carbonyl (C=O) groups excluding carboxylic acids is 2. The Morgan fingerprint density at radius 1 is 1.39 bits per heavy atom. The monoisotopic (exact) mass is 252 g/mol. The Kier molecular flexibility index (Phi) is 4.38. The molecule has 1 heterocycles. The average Bonchev–Trinajstić information content (AvgIpc) is 2.84. The SMILES string of the molecule is CC1CN(C(C)C(=O)NC2CCCC2)CCC1=O. The van der Waals surface area contributed by atoms with E-state index in [1.165, 1.54) is 12.8 Å². The van der Waals surface area contributed by atoms with Crippen molar-refractivity contribution < 1.29 is 9.59 Å². The van der Waals surface area contributed by atoms with Crippen LogP contribution in [0.5, 0.6) is 0 Å². The number of Topliss-reactive ketones (excluding diaryl/α,β-unsaturated/α-hetero) is 1. The summed E-state index contributed by atoms with van der Waals surface area (Å²) in [4.78, 5) is 25.8. The zero-order valence-corrected chi connectivity index (χ0v) is 11.4. The fourth-order valence-corrected chi connectivity index (χ4v) is 2.95. The minimum absolute atomic E-state index is 0.0699. The normalized spacial score (nSPS) is 28.3. The van der Waals surface area contributed by atoms with Gasteiger partial charge in [0.25, 0.3) is 0 Å². The number of amides is 1. The van der Waals surface area contributed by atoms with Crippen molar-refractivity contribution in [2.45, 2.75) is 58.0 Å². The van der Waals surface area contributed by atoms with Crippen molar-refractivity contribution >= 4 is 11.7 Å². The van der Waals surface area contributed by atoms with Gasteiger partial charge in [0.1, 0.15) is 5.78 Å². The summed E-state index contributed by atoms with van der Waals surface area (Å²) in [5.74, 6) is 0.526. The number of nitrogens with zero attached hydrogens (tertiary/aromatic N) is 1. The molecule has 1 saturated heterocycles. The molecule has 102 valence electrons. The summed E-state index contributed by atoms with van der Waals surface area (Å²) in [6.45, 7) is 5.35. The molecule has 4 nitrogen and oxygen atoms in total. The molecule has 2 aliphatic rings. The van der Waals surface area contributed by atoms with Crippen molar-refractivity contribution in [3.05, 3.63) is 0 Å². The highest BCUT2D eigenvalue weighted by Crippen LogP contribution is 2.19. The second kappa shape index (κ2) is 5.83. The third-order valence-electron chi connectivity index (χ3n) is 4.33. The van der Waals surface area contributed by atoms with E-state index in [2.05, 4.69) is 10.2 Å². The van der Waals surface area contributed by atoms with Crippen LogP contribution in [0, 0.1) is 5.92 Å².